The van der Waals surface area contributed by atoms with Crippen molar-refractivity contribution in [1.29, 1.82) is 0 Å². The molecule has 1 fully saturated rings. The van der Waals surface area contributed by atoms with Gasteiger partial charge in [-0.1, -0.05) is 16.8 Å². The Morgan fingerprint density at radius 2 is 2.39 bits per heavy atom. The Balaban J connectivity index is 2.36. The number of ether oxygens (including phenoxy) is 1. The maximum absolute atomic E-state index is 8.83. The van der Waals surface area contributed by atoms with E-state index in [1.807, 2.05) is 13.1 Å². The lowest BCUT2D eigenvalue weighted by molar-refractivity contribution is 0.193. The van der Waals surface area contributed by atoms with Crippen molar-refractivity contribution < 1.29 is 9.94 Å². The number of amidine groups is 1. The second kappa shape index (κ2) is 5.46. The second-order valence-corrected chi connectivity index (χ2v) is 4.71. The zero-order chi connectivity index (χ0) is 13.1. The van der Waals surface area contributed by atoms with Crippen LogP contribution in [-0.4, -0.2) is 37.3 Å². The average Bonchev–Trinajstić information content (AvgIpc) is 2.90. The van der Waals surface area contributed by atoms with Crippen LogP contribution in [0, 0.1) is 0 Å². The fourth-order valence-corrected chi connectivity index (χ4v) is 2.27. The van der Waals surface area contributed by atoms with E-state index in [0.717, 1.165) is 18.7 Å². The molecule has 1 aromatic carbocycles. The van der Waals surface area contributed by atoms with E-state index in [1.54, 1.807) is 12.1 Å². The van der Waals surface area contributed by atoms with Crippen molar-refractivity contribution in [2.75, 3.05) is 25.2 Å². The molecule has 3 N–H and O–H groups in total. The molecule has 98 valence electrons. The molecule has 5 nitrogen and oxygen atoms in total. The minimum atomic E-state index is 0.0539. The lowest BCUT2D eigenvalue weighted by Gasteiger charge is -2.27. The summed E-state index contributed by atoms with van der Waals surface area (Å²) in [7, 11) is 1.97. The van der Waals surface area contributed by atoms with Crippen molar-refractivity contribution in [3.8, 4) is 0 Å². The number of hydrogen-bond donors (Lipinski definition) is 2. The SMILES string of the molecule is CN(c1ccc(Cl)cc1/C(N)=N/O)C1CCOC1. The Hall–Kier alpha value is -1.46. The van der Waals surface area contributed by atoms with Gasteiger partial charge in [0, 0.05) is 29.9 Å². The van der Waals surface area contributed by atoms with E-state index in [0.29, 0.717) is 23.2 Å². The minimum Gasteiger partial charge on any atom is -0.409 e. The van der Waals surface area contributed by atoms with Crippen LogP contribution in [0.4, 0.5) is 5.69 Å². The fourth-order valence-electron chi connectivity index (χ4n) is 2.10. The predicted octanol–water partition coefficient (Wildman–Crippen LogP) is 1.66. The van der Waals surface area contributed by atoms with Gasteiger partial charge in [0.2, 0.25) is 0 Å². The van der Waals surface area contributed by atoms with Crippen LogP contribution < -0.4 is 10.6 Å². The molecule has 2 rings (SSSR count). The predicted molar refractivity (Wildman–Crippen MR) is 71.6 cm³/mol. The van der Waals surface area contributed by atoms with Crippen LogP contribution in [-0.2, 0) is 4.74 Å². The Kier molecular flexibility index (Phi) is 3.93. The summed E-state index contributed by atoms with van der Waals surface area (Å²) in [6, 6.07) is 5.65. The summed E-state index contributed by atoms with van der Waals surface area (Å²) >= 11 is 5.95. The molecule has 1 atom stereocenters. The lowest BCUT2D eigenvalue weighted by Crippen LogP contribution is -2.33. The summed E-state index contributed by atoms with van der Waals surface area (Å²) in [6.07, 6.45) is 0.967. The first-order valence-corrected chi connectivity index (χ1v) is 6.09. The number of hydrogen-bond acceptors (Lipinski definition) is 4. The van der Waals surface area contributed by atoms with Gasteiger partial charge in [-0.25, -0.2) is 0 Å². The van der Waals surface area contributed by atoms with Gasteiger partial charge in [0.25, 0.3) is 0 Å². The normalized spacial score (nSPS) is 20.1. The van der Waals surface area contributed by atoms with Gasteiger partial charge < -0.3 is 20.6 Å². The van der Waals surface area contributed by atoms with Crippen molar-refractivity contribution in [3.63, 3.8) is 0 Å². The fraction of sp³-hybridized carbons (Fsp3) is 0.417. The largest absolute Gasteiger partial charge is 0.409 e. The molecule has 0 aromatic heterocycles. The Labute approximate surface area is 111 Å². The molecule has 18 heavy (non-hydrogen) atoms. The van der Waals surface area contributed by atoms with Gasteiger partial charge >= 0.3 is 0 Å². The summed E-state index contributed by atoms with van der Waals surface area (Å²) in [5.74, 6) is 0.0539. The number of halogens is 1. The molecule has 0 radical (unpaired) electrons. The highest BCUT2D eigenvalue weighted by Gasteiger charge is 2.23. The molecule has 1 heterocycles. The van der Waals surface area contributed by atoms with Crippen LogP contribution >= 0.6 is 11.6 Å². The van der Waals surface area contributed by atoms with Gasteiger partial charge in [0.15, 0.2) is 5.84 Å². The monoisotopic (exact) mass is 269 g/mol. The highest BCUT2D eigenvalue weighted by molar-refractivity contribution is 6.31. The van der Waals surface area contributed by atoms with Gasteiger partial charge in [0.1, 0.15) is 0 Å². The molecule has 0 saturated carbocycles. The molecule has 1 saturated heterocycles. The molecule has 0 amide bonds. The van der Waals surface area contributed by atoms with E-state index in [4.69, 9.17) is 27.3 Å². The maximum atomic E-state index is 8.83. The zero-order valence-corrected chi connectivity index (χ0v) is 10.9. The second-order valence-electron chi connectivity index (χ2n) is 4.28. The quantitative estimate of drug-likeness (QED) is 0.379. The molecule has 1 aliphatic rings. The topological polar surface area (TPSA) is 71.1 Å². The average molecular weight is 270 g/mol. The van der Waals surface area contributed by atoms with Crippen molar-refractivity contribution in [1.82, 2.24) is 0 Å². The third-order valence-corrected chi connectivity index (χ3v) is 3.41. The summed E-state index contributed by atoms with van der Waals surface area (Å²) in [4.78, 5) is 2.08. The molecule has 1 aromatic rings. The van der Waals surface area contributed by atoms with E-state index in [9.17, 15) is 0 Å². The van der Waals surface area contributed by atoms with Crippen molar-refractivity contribution in [3.05, 3.63) is 28.8 Å². The molecular weight excluding hydrogens is 254 g/mol. The van der Waals surface area contributed by atoms with Crippen molar-refractivity contribution in [2.24, 2.45) is 10.9 Å². The van der Waals surface area contributed by atoms with Crippen molar-refractivity contribution >= 4 is 23.1 Å². The Bertz CT molecular complexity index is 459. The van der Waals surface area contributed by atoms with Gasteiger partial charge in [-0.2, -0.15) is 0 Å². The smallest absolute Gasteiger partial charge is 0.172 e. The van der Waals surface area contributed by atoms with Crippen LogP contribution in [0.1, 0.15) is 12.0 Å². The Morgan fingerprint density at radius 1 is 1.61 bits per heavy atom. The van der Waals surface area contributed by atoms with Crippen LogP contribution in [0.5, 0.6) is 0 Å². The highest BCUT2D eigenvalue weighted by Crippen LogP contribution is 2.27. The van der Waals surface area contributed by atoms with Crippen LogP contribution in [0.3, 0.4) is 0 Å². The number of likely N-dealkylation sites (N-methyl/N-ethyl adjacent to an activating group) is 1. The maximum Gasteiger partial charge on any atom is 0.172 e. The highest BCUT2D eigenvalue weighted by atomic mass is 35.5. The van der Waals surface area contributed by atoms with Gasteiger partial charge in [0.05, 0.1) is 12.6 Å². The number of nitrogens with zero attached hydrogens (tertiary/aromatic N) is 2. The van der Waals surface area contributed by atoms with E-state index in [-0.39, 0.29) is 5.84 Å². The molecule has 1 aliphatic heterocycles. The molecule has 1 unspecified atom stereocenters. The van der Waals surface area contributed by atoms with Gasteiger partial charge in [-0.05, 0) is 24.6 Å². The first-order valence-electron chi connectivity index (χ1n) is 5.71. The zero-order valence-electron chi connectivity index (χ0n) is 10.1. The van der Waals surface area contributed by atoms with Gasteiger partial charge in [-0.3, -0.25) is 0 Å². The van der Waals surface area contributed by atoms with Crippen molar-refractivity contribution in [2.45, 2.75) is 12.5 Å². The number of rotatable bonds is 3. The van der Waals surface area contributed by atoms with Crippen LogP contribution in [0.15, 0.2) is 23.4 Å². The van der Waals surface area contributed by atoms with E-state index in [1.165, 1.54) is 0 Å². The third kappa shape index (κ3) is 2.52. The molecule has 0 spiro atoms. The number of oxime groups is 1. The molecular formula is C12H16ClN3O2. The first kappa shape index (κ1) is 13.0. The summed E-state index contributed by atoms with van der Waals surface area (Å²) in [5.41, 5.74) is 7.19. The Morgan fingerprint density at radius 3 is 3.00 bits per heavy atom. The summed E-state index contributed by atoms with van der Waals surface area (Å²) < 4.78 is 5.37. The number of benzene rings is 1. The van der Waals surface area contributed by atoms with E-state index >= 15 is 0 Å². The van der Waals surface area contributed by atoms with E-state index in [2.05, 4.69) is 10.1 Å². The van der Waals surface area contributed by atoms with Crippen LogP contribution in [0.2, 0.25) is 5.02 Å². The third-order valence-electron chi connectivity index (χ3n) is 3.18. The van der Waals surface area contributed by atoms with E-state index < -0.39 is 0 Å². The minimum absolute atomic E-state index is 0.0539. The standard InChI is InChI=1S/C12H16ClN3O2/c1-16(9-4-5-18-7-9)11-3-2-8(13)6-10(11)12(14)15-17/h2-3,6,9,17H,4-5,7H2,1H3,(H2,14,15). The molecule has 0 bridgehead atoms. The molecule has 6 heteroatoms. The summed E-state index contributed by atoms with van der Waals surface area (Å²) in [5, 5.41) is 12.4. The van der Waals surface area contributed by atoms with Gasteiger partial charge in [-0.15, -0.1) is 0 Å². The molecule has 0 aliphatic carbocycles. The number of nitrogens with two attached hydrogens (primary N) is 1. The first-order chi connectivity index (χ1) is 8.63. The number of anilines is 1. The van der Waals surface area contributed by atoms with Crippen LogP contribution in [0.25, 0.3) is 0 Å². The lowest BCUT2D eigenvalue weighted by atomic mass is 10.1. The summed E-state index contributed by atoms with van der Waals surface area (Å²) in [6.45, 7) is 1.45.